The molecule has 6 heteroatoms. The third-order valence-electron chi connectivity index (χ3n) is 5.62. The molecule has 142 valence electrons. The fourth-order valence-corrected chi connectivity index (χ4v) is 4.09. The Balaban J connectivity index is 1.55. The van der Waals surface area contributed by atoms with Crippen LogP contribution in [0.1, 0.15) is 51.0 Å². The van der Waals surface area contributed by atoms with E-state index in [0.717, 1.165) is 25.7 Å². The molecule has 1 aliphatic carbocycles. The molecular formula is C20H27ClN2O3. The standard InChI is InChI=1S/C20H27ClN2O3/c1-20(26,15-7-9-16(21)10-8-15)13-22-19(25)14-11-18(24)23(12-14)17-5-3-2-4-6-17/h7-10,14,17,26H,2-6,11-13H2,1H3,(H,22,25). The Morgan fingerprint density at radius 1 is 1.27 bits per heavy atom. The Labute approximate surface area is 159 Å². The quantitative estimate of drug-likeness (QED) is 0.827. The summed E-state index contributed by atoms with van der Waals surface area (Å²) in [5.41, 5.74) is -0.500. The monoisotopic (exact) mass is 378 g/mol. The van der Waals surface area contributed by atoms with Gasteiger partial charge >= 0.3 is 0 Å². The fraction of sp³-hybridized carbons (Fsp3) is 0.600. The summed E-state index contributed by atoms with van der Waals surface area (Å²) in [5, 5.41) is 14.1. The molecule has 2 unspecified atom stereocenters. The number of hydrogen-bond acceptors (Lipinski definition) is 3. The Kier molecular flexibility index (Phi) is 5.88. The van der Waals surface area contributed by atoms with Crippen LogP contribution in [0.5, 0.6) is 0 Å². The van der Waals surface area contributed by atoms with E-state index in [2.05, 4.69) is 5.32 Å². The molecule has 1 saturated heterocycles. The highest BCUT2D eigenvalue weighted by Crippen LogP contribution is 2.29. The maximum atomic E-state index is 12.5. The molecular weight excluding hydrogens is 352 g/mol. The van der Waals surface area contributed by atoms with Crippen LogP contribution >= 0.6 is 11.6 Å². The predicted molar refractivity (Wildman–Crippen MR) is 101 cm³/mol. The minimum atomic E-state index is -1.19. The number of halogens is 1. The van der Waals surface area contributed by atoms with Gasteiger partial charge < -0.3 is 15.3 Å². The maximum absolute atomic E-state index is 12.5. The summed E-state index contributed by atoms with van der Waals surface area (Å²) < 4.78 is 0. The average molecular weight is 379 g/mol. The zero-order valence-corrected chi connectivity index (χ0v) is 16.0. The van der Waals surface area contributed by atoms with Gasteiger partial charge in [0.1, 0.15) is 5.60 Å². The van der Waals surface area contributed by atoms with E-state index in [1.807, 2.05) is 4.90 Å². The highest BCUT2D eigenvalue weighted by molar-refractivity contribution is 6.30. The van der Waals surface area contributed by atoms with Crippen molar-refractivity contribution in [2.75, 3.05) is 13.1 Å². The Hall–Kier alpha value is -1.59. The third-order valence-corrected chi connectivity index (χ3v) is 5.87. The molecule has 2 N–H and O–H groups in total. The van der Waals surface area contributed by atoms with Crippen molar-refractivity contribution in [2.24, 2.45) is 5.92 Å². The van der Waals surface area contributed by atoms with E-state index >= 15 is 0 Å². The molecule has 1 heterocycles. The molecule has 3 rings (SSSR count). The van der Waals surface area contributed by atoms with Gasteiger partial charge in [0, 0.05) is 24.0 Å². The van der Waals surface area contributed by atoms with Crippen molar-refractivity contribution in [3.8, 4) is 0 Å². The van der Waals surface area contributed by atoms with Gasteiger partial charge in [-0.15, -0.1) is 0 Å². The van der Waals surface area contributed by atoms with Crippen molar-refractivity contribution < 1.29 is 14.7 Å². The second-order valence-corrected chi connectivity index (χ2v) is 8.17. The first-order valence-electron chi connectivity index (χ1n) is 9.42. The molecule has 1 aromatic carbocycles. The molecule has 0 aromatic heterocycles. The molecule has 5 nitrogen and oxygen atoms in total. The van der Waals surface area contributed by atoms with Gasteiger partial charge in [-0.1, -0.05) is 43.0 Å². The Morgan fingerprint density at radius 2 is 1.92 bits per heavy atom. The molecule has 2 amide bonds. The molecule has 2 fully saturated rings. The number of carbonyl (C=O) groups is 2. The van der Waals surface area contributed by atoms with Crippen LogP contribution in [0.25, 0.3) is 0 Å². The molecule has 1 aromatic rings. The summed E-state index contributed by atoms with van der Waals surface area (Å²) in [6.45, 7) is 2.25. The van der Waals surface area contributed by atoms with Crippen molar-refractivity contribution in [1.82, 2.24) is 10.2 Å². The predicted octanol–water partition coefficient (Wildman–Crippen LogP) is 2.84. The zero-order valence-electron chi connectivity index (χ0n) is 15.2. The second kappa shape index (κ2) is 7.97. The van der Waals surface area contributed by atoms with Gasteiger partial charge in [0.2, 0.25) is 11.8 Å². The average Bonchev–Trinajstić information content (AvgIpc) is 3.03. The Bertz CT molecular complexity index is 654. The summed E-state index contributed by atoms with van der Waals surface area (Å²) in [5.74, 6) is -0.405. The van der Waals surface area contributed by atoms with E-state index in [1.54, 1.807) is 31.2 Å². The number of amides is 2. The van der Waals surface area contributed by atoms with Crippen LogP contribution in [0.4, 0.5) is 0 Å². The lowest BCUT2D eigenvalue weighted by molar-refractivity contribution is -0.130. The molecule has 2 aliphatic rings. The largest absolute Gasteiger partial charge is 0.384 e. The molecule has 1 aliphatic heterocycles. The summed E-state index contributed by atoms with van der Waals surface area (Å²) in [7, 11) is 0. The molecule has 2 atom stereocenters. The van der Waals surface area contributed by atoms with Crippen LogP contribution in [-0.4, -0.2) is 41.0 Å². The Morgan fingerprint density at radius 3 is 2.58 bits per heavy atom. The minimum absolute atomic E-state index is 0.0847. The fourth-order valence-electron chi connectivity index (χ4n) is 3.97. The lowest BCUT2D eigenvalue weighted by Gasteiger charge is -2.31. The van der Waals surface area contributed by atoms with Crippen LogP contribution in [0, 0.1) is 5.92 Å². The summed E-state index contributed by atoms with van der Waals surface area (Å²) in [6, 6.07) is 7.22. The van der Waals surface area contributed by atoms with Crippen molar-refractivity contribution in [3.63, 3.8) is 0 Å². The van der Waals surface area contributed by atoms with E-state index in [4.69, 9.17) is 11.6 Å². The second-order valence-electron chi connectivity index (χ2n) is 7.74. The number of nitrogens with zero attached hydrogens (tertiary/aromatic N) is 1. The van der Waals surface area contributed by atoms with Gasteiger partial charge in [-0.3, -0.25) is 9.59 Å². The first-order chi connectivity index (χ1) is 12.4. The molecule has 1 saturated carbocycles. The van der Waals surface area contributed by atoms with Gasteiger partial charge in [0.15, 0.2) is 0 Å². The van der Waals surface area contributed by atoms with E-state index in [0.29, 0.717) is 23.2 Å². The molecule has 26 heavy (non-hydrogen) atoms. The van der Waals surface area contributed by atoms with Crippen molar-refractivity contribution in [1.29, 1.82) is 0 Å². The number of aliphatic hydroxyl groups is 1. The van der Waals surface area contributed by atoms with E-state index in [1.165, 1.54) is 6.42 Å². The summed E-state index contributed by atoms with van der Waals surface area (Å²) in [6.07, 6.45) is 5.93. The first-order valence-corrected chi connectivity index (χ1v) is 9.80. The summed E-state index contributed by atoms with van der Waals surface area (Å²) >= 11 is 5.88. The van der Waals surface area contributed by atoms with E-state index < -0.39 is 5.60 Å². The third kappa shape index (κ3) is 4.38. The molecule has 0 bridgehead atoms. The van der Waals surface area contributed by atoms with Gasteiger partial charge in [-0.05, 0) is 37.5 Å². The van der Waals surface area contributed by atoms with Crippen LogP contribution in [0.15, 0.2) is 24.3 Å². The first kappa shape index (κ1) is 19.2. The van der Waals surface area contributed by atoms with Gasteiger partial charge in [0.05, 0.1) is 12.5 Å². The van der Waals surface area contributed by atoms with E-state index in [9.17, 15) is 14.7 Å². The van der Waals surface area contributed by atoms with Crippen molar-refractivity contribution in [3.05, 3.63) is 34.9 Å². The van der Waals surface area contributed by atoms with Crippen LogP contribution < -0.4 is 5.32 Å². The van der Waals surface area contributed by atoms with Gasteiger partial charge in [-0.25, -0.2) is 0 Å². The van der Waals surface area contributed by atoms with Crippen molar-refractivity contribution >= 4 is 23.4 Å². The normalized spacial score (nSPS) is 23.7. The zero-order chi connectivity index (χ0) is 18.7. The SMILES string of the molecule is CC(O)(CNC(=O)C1CC(=O)N(C2CCCCC2)C1)c1ccc(Cl)cc1. The highest BCUT2D eigenvalue weighted by Gasteiger charge is 2.38. The van der Waals surface area contributed by atoms with Crippen LogP contribution in [-0.2, 0) is 15.2 Å². The van der Waals surface area contributed by atoms with Crippen LogP contribution in [0.2, 0.25) is 5.02 Å². The maximum Gasteiger partial charge on any atom is 0.225 e. The number of carbonyl (C=O) groups excluding carboxylic acids is 2. The number of rotatable bonds is 5. The molecule has 0 radical (unpaired) electrons. The number of hydrogen-bond donors (Lipinski definition) is 2. The minimum Gasteiger partial charge on any atom is -0.384 e. The lowest BCUT2D eigenvalue weighted by Crippen LogP contribution is -2.42. The molecule has 0 spiro atoms. The van der Waals surface area contributed by atoms with Crippen LogP contribution in [0.3, 0.4) is 0 Å². The summed E-state index contributed by atoms with van der Waals surface area (Å²) in [4.78, 5) is 26.8. The van der Waals surface area contributed by atoms with Crippen molar-refractivity contribution in [2.45, 2.75) is 57.1 Å². The van der Waals surface area contributed by atoms with Gasteiger partial charge in [-0.2, -0.15) is 0 Å². The van der Waals surface area contributed by atoms with Gasteiger partial charge in [0.25, 0.3) is 0 Å². The highest BCUT2D eigenvalue weighted by atomic mass is 35.5. The number of benzene rings is 1. The lowest BCUT2D eigenvalue weighted by atomic mass is 9.94. The number of likely N-dealkylation sites (tertiary alicyclic amines) is 1. The topological polar surface area (TPSA) is 69.6 Å². The smallest absolute Gasteiger partial charge is 0.225 e. The number of nitrogens with one attached hydrogen (secondary N) is 1. The van der Waals surface area contributed by atoms with E-state index in [-0.39, 0.29) is 30.7 Å².